The minimum atomic E-state index is -3.34. The van der Waals surface area contributed by atoms with Gasteiger partial charge in [-0.05, 0) is 18.4 Å². The van der Waals surface area contributed by atoms with Gasteiger partial charge in [-0.25, -0.2) is 8.42 Å². The molecule has 0 N–H and O–H groups in total. The molecular formula is C14H20N2O2S. The lowest BCUT2D eigenvalue weighted by molar-refractivity contribution is 0.332. The molecule has 1 aliphatic heterocycles. The highest BCUT2D eigenvalue weighted by Gasteiger charge is 2.24. The quantitative estimate of drug-likeness (QED) is 0.853. The molecule has 0 aliphatic carbocycles. The molecule has 1 heterocycles. The van der Waals surface area contributed by atoms with Crippen LogP contribution in [0.25, 0.3) is 0 Å². The smallest absolute Gasteiger partial charge is 0.251 e. The molecule has 1 atom stereocenters. The summed E-state index contributed by atoms with van der Waals surface area (Å²) in [4.78, 5) is 2.09. The third kappa shape index (κ3) is 4.06. The number of hydrogen-bond donors (Lipinski definition) is 0. The number of amidine groups is 1. The van der Waals surface area contributed by atoms with E-state index < -0.39 is 10.0 Å². The Morgan fingerprint density at radius 1 is 1.32 bits per heavy atom. The molecule has 19 heavy (non-hydrogen) atoms. The zero-order valence-electron chi connectivity index (χ0n) is 11.4. The number of piperidine rings is 1. The van der Waals surface area contributed by atoms with E-state index in [4.69, 9.17) is 0 Å². The molecule has 0 saturated carbocycles. The molecule has 4 nitrogen and oxygen atoms in total. The van der Waals surface area contributed by atoms with Gasteiger partial charge in [-0.2, -0.15) is 4.40 Å². The predicted molar refractivity (Wildman–Crippen MR) is 77.5 cm³/mol. The van der Waals surface area contributed by atoms with Crippen molar-refractivity contribution in [2.75, 3.05) is 12.8 Å². The third-order valence-corrected chi connectivity index (χ3v) is 3.82. The van der Waals surface area contributed by atoms with Crippen LogP contribution in [-0.2, 0) is 16.6 Å². The molecule has 0 bridgehead atoms. The topological polar surface area (TPSA) is 49.7 Å². The van der Waals surface area contributed by atoms with Crippen molar-refractivity contribution in [3.05, 3.63) is 35.9 Å². The van der Waals surface area contributed by atoms with Crippen molar-refractivity contribution in [3.8, 4) is 0 Å². The summed E-state index contributed by atoms with van der Waals surface area (Å²) in [6.07, 6.45) is 3.23. The summed E-state index contributed by atoms with van der Waals surface area (Å²) < 4.78 is 26.8. The summed E-state index contributed by atoms with van der Waals surface area (Å²) in [5.74, 6) is 0.907. The van der Waals surface area contributed by atoms with Crippen molar-refractivity contribution in [2.45, 2.75) is 26.3 Å². The highest BCUT2D eigenvalue weighted by molar-refractivity contribution is 7.89. The van der Waals surface area contributed by atoms with Crippen LogP contribution in [0.5, 0.6) is 0 Å². The predicted octanol–water partition coefficient (Wildman–Crippen LogP) is 2.28. The summed E-state index contributed by atoms with van der Waals surface area (Å²) >= 11 is 0. The van der Waals surface area contributed by atoms with E-state index in [0.29, 0.717) is 5.84 Å². The Morgan fingerprint density at radius 2 is 2.00 bits per heavy atom. The van der Waals surface area contributed by atoms with Crippen LogP contribution in [0.4, 0.5) is 0 Å². The Labute approximate surface area is 115 Å². The van der Waals surface area contributed by atoms with Crippen LogP contribution in [0.1, 0.15) is 25.3 Å². The minimum absolute atomic E-state index is 0.201. The van der Waals surface area contributed by atoms with Gasteiger partial charge in [-0.3, -0.25) is 0 Å². The normalized spacial score (nSPS) is 22.7. The summed E-state index contributed by atoms with van der Waals surface area (Å²) in [5.41, 5.74) is 1.18. The van der Waals surface area contributed by atoms with Crippen LogP contribution in [0.15, 0.2) is 34.7 Å². The first-order chi connectivity index (χ1) is 8.96. The van der Waals surface area contributed by atoms with Gasteiger partial charge in [0, 0.05) is 19.0 Å². The molecule has 1 aromatic carbocycles. The molecule has 5 heteroatoms. The second kappa shape index (κ2) is 5.74. The Balaban J connectivity index is 2.24. The maximum absolute atomic E-state index is 11.4. The van der Waals surface area contributed by atoms with E-state index in [1.54, 1.807) is 0 Å². The Morgan fingerprint density at radius 3 is 2.63 bits per heavy atom. The van der Waals surface area contributed by atoms with Crippen LogP contribution in [0.2, 0.25) is 0 Å². The molecule has 1 fully saturated rings. The molecule has 1 saturated heterocycles. The van der Waals surface area contributed by atoms with Crippen LogP contribution in [-0.4, -0.2) is 32.0 Å². The zero-order chi connectivity index (χ0) is 13.9. The maximum atomic E-state index is 11.4. The number of benzene rings is 1. The fourth-order valence-electron chi connectivity index (χ4n) is 2.43. The molecule has 104 valence electrons. The largest absolute Gasteiger partial charge is 0.355 e. The van der Waals surface area contributed by atoms with E-state index >= 15 is 0 Å². The maximum Gasteiger partial charge on any atom is 0.251 e. The molecule has 0 aromatic heterocycles. The molecule has 1 unspecified atom stereocenters. The third-order valence-electron chi connectivity index (χ3n) is 3.31. The summed E-state index contributed by atoms with van der Waals surface area (Å²) in [6, 6.07) is 10.1. The van der Waals surface area contributed by atoms with Crippen molar-refractivity contribution in [1.82, 2.24) is 4.90 Å². The highest BCUT2D eigenvalue weighted by atomic mass is 32.2. The lowest BCUT2D eigenvalue weighted by atomic mass is 9.98. The minimum Gasteiger partial charge on any atom is -0.355 e. The number of sulfonamides is 1. The van der Waals surface area contributed by atoms with E-state index in [0.717, 1.165) is 32.2 Å². The average molecular weight is 280 g/mol. The monoisotopic (exact) mass is 280 g/mol. The second-order valence-electron chi connectivity index (χ2n) is 5.13. The molecule has 1 aliphatic rings. The Hall–Kier alpha value is -1.36. The van der Waals surface area contributed by atoms with Crippen molar-refractivity contribution >= 4 is 15.9 Å². The SMILES string of the molecule is CC1CCCN(Cc2ccccc2)/C1=N\S(C)(=O)=O. The molecule has 0 radical (unpaired) electrons. The molecule has 0 spiro atoms. The average Bonchev–Trinajstić information content (AvgIpc) is 2.34. The van der Waals surface area contributed by atoms with Crippen molar-refractivity contribution in [3.63, 3.8) is 0 Å². The van der Waals surface area contributed by atoms with E-state index in [1.807, 2.05) is 25.1 Å². The lowest BCUT2D eigenvalue weighted by Gasteiger charge is -2.34. The van der Waals surface area contributed by atoms with Gasteiger partial charge in [0.1, 0.15) is 5.84 Å². The van der Waals surface area contributed by atoms with E-state index in [-0.39, 0.29) is 5.92 Å². The van der Waals surface area contributed by atoms with Crippen molar-refractivity contribution in [2.24, 2.45) is 10.3 Å². The molecule has 1 aromatic rings. The first-order valence-electron chi connectivity index (χ1n) is 6.54. The fraction of sp³-hybridized carbons (Fsp3) is 0.500. The number of hydrogen-bond acceptors (Lipinski definition) is 2. The molecule has 0 amide bonds. The Bertz CT molecular complexity index is 552. The van der Waals surface area contributed by atoms with Gasteiger partial charge >= 0.3 is 0 Å². The fourth-order valence-corrected chi connectivity index (χ4v) is 3.06. The first kappa shape index (κ1) is 14.1. The Kier molecular flexibility index (Phi) is 4.24. The van der Waals surface area contributed by atoms with Crippen LogP contribution in [0, 0.1) is 5.92 Å². The number of rotatable bonds is 3. The lowest BCUT2D eigenvalue weighted by Crippen LogP contribution is -2.40. The summed E-state index contributed by atoms with van der Waals surface area (Å²) in [7, 11) is -3.34. The van der Waals surface area contributed by atoms with Gasteiger partial charge in [0.25, 0.3) is 10.0 Å². The summed E-state index contributed by atoms with van der Waals surface area (Å²) in [5, 5.41) is 0. The molecule has 2 rings (SSSR count). The van der Waals surface area contributed by atoms with Gasteiger partial charge in [0.2, 0.25) is 0 Å². The van der Waals surface area contributed by atoms with E-state index in [1.165, 1.54) is 5.56 Å². The van der Waals surface area contributed by atoms with Crippen molar-refractivity contribution < 1.29 is 8.42 Å². The standard InChI is InChI=1S/C14H20N2O2S/c1-12-7-6-10-16(14(12)15-19(2,17)18)11-13-8-4-3-5-9-13/h3-5,8-9,12H,6-7,10-11H2,1-2H3/b15-14-. The van der Waals surface area contributed by atoms with Crippen LogP contribution < -0.4 is 0 Å². The van der Waals surface area contributed by atoms with Gasteiger partial charge in [0.05, 0.1) is 6.26 Å². The van der Waals surface area contributed by atoms with Gasteiger partial charge in [0.15, 0.2) is 0 Å². The second-order valence-corrected chi connectivity index (χ2v) is 6.78. The first-order valence-corrected chi connectivity index (χ1v) is 8.39. The molecular weight excluding hydrogens is 260 g/mol. The summed E-state index contributed by atoms with van der Waals surface area (Å²) in [6.45, 7) is 3.63. The van der Waals surface area contributed by atoms with Crippen molar-refractivity contribution in [1.29, 1.82) is 0 Å². The van der Waals surface area contributed by atoms with Crippen LogP contribution >= 0.6 is 0 Å². The van der Waals surface area contributed by atoms with Gasteiger partial charge in [-0.1, -0.05) is 37.3 Å². The van der Waals surface area contributed by atoms with E-state index in [2.05, 4.69) is 21.4 Å². The highest BCUT2D eigenvalue weighted by Crippen LogP contribution is 2.21. The number of nitrogens with zero attached hydrogens (tertiary/aromatic N) is 2. The zero-order valence-corrected chi connectivity index (χ0v) is 12.2. The van der Waals surface area contributed by atoms with Gasteiger partial charge in [-0.15, -0.1) is 0 Å². The van der Waals surface area contributed by atoms with Crippen LogP contribution in [0.3, 0.4) is 0 Å². The number of likely N-dealkylation sites (tertiary alicyclic amines) is 1. The van der Waals surface area contributed by atoms with E-state index in [9.17, 15) is 8.42 Å². The van der Waals surface area contributed by atoms with Gasteiger partial charge < -0.3 is 4.90 Å².